The Morgan fingerprint density at radius 2 is 1.67 bits per heavy atom. The minimum Gasteiger partial charge on any atom is -0.282 e. The number of rotatable bonds is 1. The van der Waals surface area contributed by atoms with E-state index in [2.05, 4.69) is 0 Å². The van der Waals surface area contributed by atoms with Gasteiger partial charge in [-0.1, -0.05) is 0 Å². The zero-order valence-corrected chi connectivity index (χ0v) is 5.04. The lowest BCUT2D eigenvalue weighted by atomic mass is 10.3. The van der Waals surface area contributed by atoms with Crippen molar-refractivity contribution in [2.24, 2.45) is 0 Å². The molecule has 1 radical (unpaired) electrons. The molecule has 9 heavy (non-hydrogen) atoms. The van der Waals surface area contributed by atoms with Crippen molar-refractivity contribution in [1.29, 1.82) is 0 Å². The van der Waals surface area contributed by atoms with Gasteiger partial charge in [0.05, 0.1) is 0 Å². The number of alkyl halides is 3. The average molecular weight is 142 g/mol. The lowest BCUT2D eigenvalue weighted by Gasteiger charge is -2.22. The molecule has 0 aromatic heterocycles. The Balaban J connectivity index is 4.14. The average Bonchev–Trinajstić information content (AvgIpc) is 1.64. The molecular formula is C4H7F3NO. The summed E-state index contributed by atoms with van der Waals surface area (Å²) in [5, 5.41) is 11.9. The molecule has 0 aromatic carbocycles. The molecule has 5 heteroatoms. The SMILES string of the molecule is CNC(C)([O])C(F)(F)F. The Hall–Kier alpha value is -0.290. The maximum Gasteiger partial charge on any atom is 0.434 e. The van der Waals surface area contributed by atoms with Gasteiger partial charge in [0, 0.05) is 0 Å². The highest BCUT2D eigenvalue weighted by Crippen LogP contribution is 2.27. The lowest BCUT2D eigenvalue weighted by molar-refractivity contribution is -0.284. The molecule has 1 atom stereocenters. The van der Waals surface area contributed by atoms with Crippen molar-refractivity contribution in [1.82, 2.24) is 5.32 Å². The first-order valence-corrected chi connectivity index (χ1v) is 2.27. The van der Waals surface area contributed by atoms with Crippen LogP contribution in [-0.4, -0.2) is 18.9 Å². The van der Waals surface area contributed by atoms with Crippen LogP contribution in [0, 0.1) is 0 Å². The van der Waals surface area contributed by atoms with Crippen LogP contribution in [0.2, 0.25) is 0 Å². The quantitative estimate of drug-likeness (QED) is 0.542. The number of halogens is 3. The monoisotopic (exact) mass is 142 g/mol. The summed E-state index contributed by atoms with van der Waals surface area (Å²) in [6.07, 6.45) is -4.72. The second kappa shape index (κ2) is 2.15. The van der Waals surface area contributed by atoms with E-state index in [0.717, 1.165) is 7.05 Å². The van der Waals surface area contributed by atoms with Crippen LogP contribution in [0.3, 0.4) is 0 Å². The van der Waals surface area contributed by atoms with E-state index in [-0.39, 0.29) is 0 Å². The molecule has 0 saturated heterocycles. The molecule has 1 unspecified atom stereocenters. The molecule has 0 aliphatic carbocycles. The topological polar surface area (TPSA) is 31.9 Å². The minimum absolute atomic E-state index is 0.535. The van der Waals surface area contributed by atoms with E-state index in [9.17, 15) is 18.3 Å². The fourth-order valence-corrected chi connectivity index (χ4v) is 0.142. The van der Waals surface area contributed by atoms with E-state index >= 15 is 0 Å². The van der Waals surface area contributed by atoms with E-state index in [0.29, 0.717) is 6.92 Å². The van der Waals surface area contributed by atoms with Crippen molar-refractivity contribution in [3.8, 4) is 0 Å². The molecule has 0 aromatic rings. The smallest absolute Gasteiger partial charge is 0.282 e. The van der Waals surface area contributed by atoms with Crippen molar-refractivity contribution < 1.29 is 18.3 Å². The van der Waals surface area contributed by atoms with Gasteiger partial charge in [0.2, 0.25) is 5.72 Å². The van der Waals surface area contributed by atoms with Gasteiger partial charge >= 0.3 is 6.18 Å². The molecule has 0 spiro atoms. The van der Waals surface area contributed by atoms with Gasteiger partial charge in [-0.05, 0) is 14.0 Å². The molecule has 0 saturated carbocycles. The van der Waals surface area contributed by atoms with Crippen molar-refractivity contribution in [3.63, 3.8) is 0 Å². The second-order valence-electron chi connectivity index (χ2n) is 1.78. The maximum atomic E-state index is 11.5. The van der Waals surface area contributed by atoms with E-state index in [1.807, 2.05) is 0 Å². The molecule has 2 nitrogen and oxygen atoms in total. The van der Waals surface area contributed by atoms with Crippen LogP contribution in [0.1, 0.15) is 6.92 Å². The molecule has 0 heterocycles. The highest BCUT2D eigenvalue weighted by Gasteiger charge is 2.50. The number of nitrogens with one attached hydrogen (secondary N) is 1. The zero-order chi connectivity index (χ0) is 7.71. The van der Waals surface area contributed by atoms with Crippen LogP contribution in [0.4, 0.5) is 13.2 Å². The van der Waals surface area contributed by atoms with Crippen LogP contribution in [0.5, 0.6) is 0 Å². The van der Waals surface area contributed by atoms with Gasteiger partial charge < -0.3 is 0 Å². The lowest BCUT2D eigenvalue weighted by Crippen LogP contribution is -2.51. The van der Waals surface area contributed by atoms with Gasteiger partial charge in [-0.15, -0.1) is 0 Å². The minimum atomic E-state index is -4.72. The van der Waals surface area contributed by atoms with Gasteiger partial charge in [0.25, 0.3) is 0 Å². The third kappa shape index (κ3) is 1.83. The molecule has 0 fully saturated rings. The Morgan fingerprint density at radius 1 is 1.33 bits per heavy atom. The standard InChI is InChI=1S/C4H7F3NO/c1-3(9,8-2)4(5,6)7/h8H,1-2H3. The molecular weight excluding hydrogens is 135 g/mol. The Kier molecular flexibility index (Phi) is 2.08. The van der Waals surface area contributed by atoms with Crippen molar-refractivity contribution in [3.05, 3.63) is 0 Å². The third-order valence-electron chi connectivity index (χ3n) is 1.02. The molecule has 0 bridgehead atoms. The van der Waals surface area contributed by atoms with Gasteiger partial charge in [0.15, 0.2) is 0 Å². The molecule has 0 aliphatic heterocycles. The molecule has 1 N–H and O–H groups in total. The normalized spacial score (nSPS) is 19.3. The summed E-state index contributed by atoms with van der Waals surface area (Å²) >= 11 is 0. The molecule has 0 amide bonds. The predicted molar refractivity (Wildman–Crippen MR) is 24.2 cm³/mol. The summed E-state index contributed by atoms with van der Waals surface area (Å²) in [4.78, 5) is 0. The van der Waals surface area contributed by atoms with Crippen LogP contribution in [0.15, 0.2) is 0 Å². The maximum absolute atomic E-state index is 11.5. The molecule has 0 aliphatic rings. The largest absolute Gasteiger partial charge is 0.434 e. The van der Waals surface area contributed by atoms with Gasteiger partial charge in [-0.25, -0.2) is 5.11 Å². The van der Waals surface area contributed by atoms with Crippen LogP contribution >= 0.6 is 0 Å². The number of hydrogen-bond donors (Lipinski definition) is 1. The third-order valence-corrected chi connectivity index (χ3v) is 1.02. The van der Waals surface area contributed by atoms with E-state index in [1.165, 1.54) is 0 Å². The van der Waals surface area contributed by atoms with Crippen molar-refractivity contribution in [2.75, 3.05) is 7.05 Å². The second-order valence-corrected chi connectivity index (χ2v) is 1.78. The summed E-state index contributed by atoms with van der Waals surface area (Å²) < 4.78 is 34.4. The van der Waals surface area contributed by atoms with E-state index < -0.39 is 11.9 Å². The Bertz CT molecular complexity index is 98.5. The fourth-order valence-electron chi connectivity index (χ4n) is 0.142. The van der Waals surface area contributed by atoms with E-state index in [4.69, 9.17) is 0 Å². The van der Waals surface area contributed by atoms with Crippen molar-refractivity contribution >= 4 is 0 Å². The zero-order valence-electron chi connectivity index (χ0n) is 5.04. The van der Waals surface area contributed by atoms with Crippen molar-refractivity contribution in [2.45, 2.75) is 18.8 Å². The predicted octanol–water partition coefficient (Wildman–Crippen LogP) is 0.915. The van der Waals surface area contributed by atoms with E-state index in [1.54, 1.807) is 5.32 Å². The Labute approximate surface area is 50.7 Å². The van der Waals surface area contributed by atoms with Gasteiger partial charge in [-0.3, -0.25) is 5.32 Å². The number of hydrogen-bond acceptors (Lipinski definition) is 1. The highest BCUT2D eigenvalue weighted by molar-refractivity contribution is 4.75. The fraction of sp³-hybridized carbons (Fsp3) is 1.00. The van der Waals surface area contributed by atoms with Gasteiger partial charge in [0.1, 0.15) is 0 Å². The summed E-state index contributed by atoms with van der Waals surface area (Å²) in [5.74, 6) is 0. The summed E-state index contributed by atoms with van der Waals surface area (Å²) in [6, 6.07) is 0. The summed E-state index contributed by atoms with van der Waals surface area (Å²) in [5.41, 5.74) is -3.02. The summed E-state index contributed by atoms with van der Waals surface area (Å²) in [7, 11) is 0.973. The first-order valence-electron chi connectivity index (χ1n) is 2.27. The Morgan fingerprint density at radius 3 is 1.67 bits per heavy atom. The van der Waals surface area contributed by atoms with Gasteiger partial charge in [-0.2, -0.15) is 13.2 Å². The van der Waals surface area contributed by atoms with Crippen LogP contribution in [0.25, 0.3) is 0 Å². The van der Waals surface area contributed by atoms with Crippen LogP contribution < -0.4 is 5.32 Å². The molecule has 55 valence electrons. The summed E-state index contributed by atoms with van der Waals surface area (Å²) in [6.45, 7) is 0.535. The first-order chi connectivity index (χ1) is 3.81. The van der Waals surface area contributed by atoms with Crippen LogP contribution in [-0.2, 0) is 5.11 Å². The molecule has 0 rings (SSSR count). The highest BCUT2D eigenvalue weighted by atomic mass is 19.4. The first kappa shape index (κ1) is 8.71.